The highest BCUT2D eigenvalue weighted by molar-refractivity contribution is 7.09. The van der Waals surface area contributed by atoms with Gasteiger partial charge in [-0.1, -0.05) is 13.8 Å². The van der Waals surface area contributed by atoms with Gasteiger partial charge in [0.05, 0.1) is 0 Å². The van der Waals surface area contributed by atoms with E-state index in [0.29, 0.717) is 18.2 Å². The second-order valence-electron chi connectivity index (χ2n) is 3.69. The SMILES string of the molecule is CC(C)C(C)OC(=O)c1csc(CN)n1. The number of thiazole rings is 1. The Hall–Kier alpha value is -0.940. The minimum atomic E-state index is -0.368. The van der Waals surface area contributed by atoms with E-state index in [2.05, 4.69) is 4.98 Å². The number of hydrogen-bond acceptors (Lipinski definition) is 5. The van der Waals surface area contributed by atoms with E-state index in [1.54, 1.807) is 5.38 Å². The van der Waals surface area contributed by atoms with Crippen molar-refractivity contribution in [1.82, 2.24) is 4.98 Å². The topological polar surface area (TPSA) is 65.2 Å². The number of esters is 1. The second-order valence-corrected chi connectivity index (χ2v) is 4.63. The Kier molecular flexibility index (Phi) is 4.23. The van der Waals surface area contributed by atoms with Gasteiger partial charge in [0.2, 0.25) is 0 Å². The number of ether oxygens (including phenoxy) is 1. The molecule has 0 radical (unpaired) electrons. The molecule has 1 rings (SSSR count). The van der Waals surface area contributed by atoms with Crippen molar-refractivity contribution in [3.8, 4) is 0 Å². The van der Waals surface area contributed by atoms with Gasteiger partial charge in [-0.05, 0) is 12.8 Å². The van der Waals surface area contributed by atoms with Gasteiger partial charge in [0.1, 0.15) is 11.1 Å². The molecule has 0 aliphatic rings. The largest absolute Gasteiger partial charge is 0.458 e. The lowest BCUT2D eigenvalue weighted by Crippen LogP contribution is -2.20. The van der Waals surface area contributed by atoms with Crippen LogP contribution in [0.2, 0.25) is 0 Å². The van der Waals surface area contributed by atoms with E-state index >= 15 is 0 Å². The highest BCUT2D eigenvalue weighted by atomic mass is 32.1. The van der Waals surface area contributed by atoms with Crippen LogP contribution in [0.4, 0.5) is 0 Å². The molecule has 1 atom stereocenters. The average molecular weight is 228 g/mol. The second kappa shape index (κ2) is 5.23. The van der Waals surface area contributed by atoms with E-state index in [0.717, 1.165) is 5.01 Å². The molecule has 4 nitrogen and oxygen atoms in total. The van der Waals surface area contributed by atoms with E-state index in [4.69, 9.17) is 10.5 Å². The number of hydrogen-bond donors (Lipinski definition) is 1. The van der Waals surface area contributed by atoms with Crippen LogP contribution in [0.1, 0.15) is 36.3 Å². The summed E-state index contributed by atoms with van der Waals surface area (Å²) in [6.45, 7) is 6.24. The van der Waals surface area contributed by atoms with Crippen LogP contribution in [0.5, 0.6) is 0 Å². The van der Waals surface area contributed by atoms with Crippen LogP contribution in [0.15, 0.2) is 5.38 Å². The van der Waals surface area contributed by atoms with E-state index in [9.17, 15) is 4.79 Å². The van der Waals surface area contributed by atoms with Gasteiger partial charge in [0, 0.05) is 11.9 Å². The average Bonchev–Trinajstić information content (AvgIpc) is 2.65. The fraction of sp³-hybridized carbons (Fsp3) is 0.600. The van der Waals surface area contributed by atoms with Crippen LogP contribution in [-0.4, -0.2) is 17.1 Å². The van der Waals surface area contributed by atoms with Crippen LogP contribution in [0.3, 0.4) is 0 Å². The molecule has 0 saturated carbocycles. The lowest BCUT2D eigenvalue weighted by Gasteiger charge is -2.15. The summed E-state index contributed by atoms with van der Waals surface area (Å²) >= 11 is 1.38. The summed E-state index contributed by atoms with van der Waals surface area (Å²) < 4.78 is 5.22. The highest BCUT2D eigenvalue weighted by Gasteiger charge is 2.17. The summed E-state index contributed by atoms with van der Waals surface area (Å²) in [6.07, 6.45) is -0.0967. The summed E-state index contributed by atoms with van der Waals surface area (Å²) in [6, 6.07) is 0. The molecule has 5 heteroatoms. The van der Waals surface area contributed by atoms with Crippen molar-refractivity contribution in [1.29, 1.82) is 0 Å². The van der Waals surface area contributed by atoms with Gasteiger partial charge in [0.25, 0.3) is 0 Å². The Morgan fingerprint density at radius 3 is 2.73 bits per heavy atom. The first kappa shape index (κ1) is 12.1. The summed E-state index contributed by atoms with van der Waals surface area (Å²) in [4.78, 5) is 15.6. The van der Waals surface area contributed by atoms with Crippen molar-refractivity contribution in [2.75, 3.05) is 0 Å². The zero-order valence-electron chi connectivity index (χ0n) is 9.19. The predicted octanol–water partition coefficient (Wildman–Crippen LogP) is 1.80. The molecule has 0 bridgehead atoms. The highest BCUT2D eigenvalue weighted by Crippen LogP contribution is 2.13. The number of rotatable bonds is 4. The zero-order valence-corrected chi connectivity index (χ0v) is 10.0. The van der Waals surface area contributed by atoms with Crippen LogP contribution >= 0.6 is 11.3 Å². The molecule has 84 valence electrons. The number of nitrogens with zero attached hydrogens (tertiary/aromatic N) is 1. The van der Waals surface area contributed by atoms with Gasteiger partial charge in [-0.25, -0.2) is 9.78 Å². The van der Waals surface area contributed by atoms with Crippen LogP contribution in [-0.2, 0) is 11.3 Å². The van der Waals surface area contributed by atoms with Gasteiger partial charge >= 0.3 is 5.97 Å². The Balaban J connectivity index is 2.61. The van der Waals surface area contributed by atoms with Crippen LogP contribution in [0.25, 0.3) is 0 Å². The minimum absolute atomic E-state index is 0.0967. The van der Waals surface area contributed by atoms with Crippen molar-refractivity contribution >= 4 is 17.3 Å². The summed E-state index contributed by atoms with van der Waals surface area (Å²) in [7, 11) is 0. The number of carbonyl (C=O) groups excluding carboxylic acids is 1. The van der Waals surface area contributed by atoms with Crippen molar-refractivity contribution in [3.63, 3.8) is 0 Å². The Morgan fingerprint density at radius 1 is 1.60 bits per heavy atom. The van der Waals surface area contributed by atoms with E-state index in [1.807, 2.05) is 20.8 Å². The summed E-state index contributed by atoms with van der Waals surface area (Å²) in [5.41, 5.74) is 5.76. The number of nitrogens with two attached hydrogens (primary N) is 1. The Morgan fingerprint density at radius 2 is 2.27 bits per heavy atom. The molecule has 0 aliphatic carbocycles. The third-order valence-electron chi connectivity index (χ3n) is 2.17. The molecule has 1 aromatic rings. The van der Waals surface area contributed by atoms with Gasteiger partial charge in [0.15, 0.2) is 5.69 Å². The molecule has 0 spiro atoms. The molecule has 0 aromatic carbocycles. The molecule has 2 N–H and O–H groups in total. The maximum atomic E-state index is 11.6. The fourth-order valence-electron chi connectivity index (χ4n) is 0.864. The fourth-order valence-corrected chi connectivity index (χ4v) is 1.51. The van der Waals surface area contributed by atoms with Gasteiger partial charge in [-0.3, -0.25) is 0 Å². The monoisotopic (exact) mass is 228 g/mol. The van der Waals surface area contributed by atoms with Crippen LogP contribution < -0.4 is 5.73 Å². The van der Waals surface area contributed by atoms with Gasteiger partial charge in [-0.15, -0.1) is 11.3 Å². The van der Waals surface area contributed by atoms with Crippen molar-refractivity contribution in [2.45, 2.75) is 33.4 Å². The predicted molar refractivity (Wildman–Crippen MR) is 59.7 cm³/mol. The molecule has 0 saturated heterocycles. The van der Waals surface area contributed by atoms with E-state index < -0.39 is 0 Å². The Bertz CT molecular complexity index is 336. The Labute approximate surface area is 93.5 Å². The molecular formula is C10H16N2O2S. The maximum absolute atomic E-state index is 11.6. The molecule has 15 heavy (non-hydrogen) atoms. The molecule has 1 aromatic heterocycles. The lowest BCUT2D eigenvalue weighted by atomic mass is 10.1. The zero-order chi connectivity index (χ0) is 11.4. The van der Waals surface area contributed by atoms with Crippen LogP contribution in [0, 0.1) is 5.92 Å². The first-order chi connectivity index (χ1) is 7.04. The molecule has 0 fully saturated rings. The van der Waals surface area contributed by atoms with E-state index in [-0.39, 0.29) is 12.1 Å². The van der Waals surface area contributed by atoms with Gasteiger partial charge in [-0.2, -0.15) is 0 Å². The summed E-state index contributed by atoms with van der Waals surface area (Å²) in [5.74, 6) is -0.0614. The first-order valence-electron chi connectivity index (χ1n) is 4.90. The molecule has 0 amide bonds. The number of aromatic nitrogens is 1. The molecular weight excluding hydrogens is 212 g/mol. The standard InChI is InChI=1S/C10H16N2O2S/c1-6(2)7(3)14-10(13)8-5-15-9(4-11)12-8/h5-7H,4,11H2,1-3H3. The van der Waals surface area contributed by atoms with Crippen molar-refractivity contribution in [2.24, 2.45) is 11.7 Å². The lowest BCUT2D eigenvalue weighted by molar-refractivity contribution is 0.0232. The minimum Gasteiger partial charge on any atom is -0.458 e. The maximum Gasteiger partial charge on any atom is 0.358 e. The smallest absolute Gasteiger partial charge is 0.358 e. The molecule has 0 aliphatic heterocycles. The first-order valence-corrected chi connectivity index (χ1v) is 5.78. The van der Waals surface area contributed by atoms with Crippen molar-refractivity contribution in [3.05, 3.63) is 16.1 Å². The molecule has 1 unspecified atom stereocenters. The third-order valence-corrected chi connectivity index (χ3v) is 3.04. The quantitative estimate of drug-likeness (QED) is 0.798. The van der Waals surface area contributed by atoms with Crippen molar-refractivity contribution < 1.29 is 9.53 Å². The summed E-state index contributed by atoms with van der Waals surface area (Å²) in [5, 5.41) is 2.43. The normalized spacial score (nSPS) is 12.9. The number of carbonyl (C=O) groups is 1. The van der Waals surface area contributed by atoms with E-state index in [1.165, 1.54) is 11.3 Å². The third kappa shape index (κ3) is 3.28. The molecule has 1 heterocycles. The van der Waals surface area contributed by atoms with Gasteiger partial charge < -0.3 is 10.5 Å².